The quantitative estimate of drug-likeness (QED) is 0.733. The highest BCUT2D eigenvalue weighted by Crippen LogP contribution is 2.26. The summed E-state index contributed by atoms with van der Waals surface area (Å²) in [5, 5.41) is 15.2. The van der Waals surface area contributed by atoms with Crippen LogP contribution in [0, 0.1) is 11.8 Å². The molecule has 2 aromatic carbocycles. The number of carbonyl (C=O) groups excluding carboxylic acids is 1. The van der Waals surface area contributed by atoms with Gasteiger partial charge in [-0.3, -0.25) is 0 Å². The average molecular weight is 421 g/mol. The number of carbonyl (C=O) groups is 1. The number of aliphatic hydroxyl groups is 1. The van der Waals surface area contributed by atoms with Crippen LogP contribution < -0.4 is 5.32 Å². The highest BCUT2D eigenvalue weighted by atomic mass is 16.6. The van der Waals surface area contributed by atoms with E-state index in [-0.39, 0.29) is 18.6 Å². The van der Waals surface area contributed by atoms with Crippen LogP contribution in [0.2, 0.25) is 0 Å². The highest BCUT2D eigenvalue weighted by molar-refractivity contribution is 5.68. The number of likely N-dealkylation sites (tertiary alicyclic amines) is 1. The van der Waals surface area contributed by atoms with Crippen molar-refractivity contribution >= 4 is 6.09 Å². The van der Waals surface area contributed by atoms with Crippen LogP contribution in [0.4, 0.5) is 4.79 Å². The molecule has 164 valence electrons. The van der Waals surface area contributed by atoms with Gasteiger partial charge in [-0.15, -0.1) is 0 Å². The van der Waals surface area contributed by atoms with Crippen molar-refractivity contribution in [3.8, 4) is 11.8 Å². The molecule has 2 aromatic rings. The standard InChI is InChI=1S/C26H32N2O3/c1-20(22-13-9-6-10-14-22)27-23-16-18-28(24(29)31-25(2,3)4)19-26(23,30)17-15-21-11-7-5-8-12-21/h5-14,20,23,27,30H,16,18-19H2,1-4H3/t20-,23-,26-/m1/s1. The van der Waals surface area contributed by atoms with E-state index < -0.39 is 17.3 Å². The normalized spacial score (nSPS) is 22.2. The Bertz CT molecular complexity index is 928. The molecular weight excluding hydrogens is 388 g/mol. The van der Waals surface area contributed by atoms with Gasteiger partial charge in [0.2, 0.25) is 0 Å². The van der Waals surface area contributed by atoms with Gasteiger partial charge in [0.25, 0.3) is 0 Å². The fourth-order valence-electron chi connectivity index (χ4n) is 3.68. The van der Waals surface area contributed by atoms with Gasteiger partial charge in [0.15, 0.2) is 5.60 Å². The van der Waals surface area contributed by atoms with Crippen molar-refractivity contribution in [3.05, 3.63) is 71.8 Å². The molecule has 0 aliphatic carbocycles. The Morgan fingerprint density at radius 3 is 2.39 bits per heavy atom. The molecule has 3 atom stereocenters. The minimum Gasteiger partial charge on any atom is -0.444 e. The number of hydrogen-bond acceptors (Lipinski definition) is 4. The number of β-amino-alcohol motifs (C(OH)–C–C–N with tert-alkyl or cyclic N) is 1. The summed E-state index contributed by atoms with van der Waals surface area (Å²) >= 11 is 0. The zero-order valence-electron chi connectivity index (χ0n) is 18.8. The van der Waals surface area contributed by atoms with Crippen molar-refractivity contribution in [1.29, 1.82) is 0 Å². The second-order valence-corrected chi connectivity index (χ2v) is 9.08. The lowest BCUT2D eigenvalue weighted by atomic mass is 9.86. The van der Waals surface area contributed by atoms with E-state index in [4.69, 9.17) is 4.74 Å². The molecule has 0 aromatic heterocycles. The van der Waals surface area contributed by atoms with Gasteiger partial charge in [-0.1, -0.05) is 60.4 Å². The Kier molecular flexibility index (Phi) is 7.04. The molecule has 0 radical (unpaired) electrons. The van der Waals surface area contributed by atoms with Crippen LogP contribution in [-0.2, 0) is 4.74 Å². The lowest BCUT2D eigenvalue weighted by molar-refractivity contribution is -0.0327. The molecule has 1 aliphatic rings. The number of amides is 1. The molecule has 3 rings (SSSR count). The summed E-state index contributed by atoms with van der Waals surface area (Å²) < 4.78 is 5.53. The van der Waals surface area contributed by atoms with E-state index in [9.17, 15) is 9.90 Å². The number of hydrogen-bond donors (Lipinski definition) is 2. The van der Waals surface area contributed by atoms with Gasteiger partial charge in [0, 0.05) is 18.2 Å². The third-order valence-electron chi connectivity index (χ3n) is 5.30. The zero-order valence-corrected chi connectivity index (χ0v) is 18.8. The van der Waals surface area contributed by atoms with Gasteiger partial charge in [0.05, 0.1) is 12.6 Å². The van der Waals surface area contributed by atoms with Gasteiger partial charge in [0.1, 0.15) is 5.60 Å². The minimum absolute atomic E-state index is 0.0318. The highest BCUT2D eigenvalue weighted by Gasteiger charge is 2.43. The topological polar surface area (TPSA) is 61.8 Å². The summed E-state index contributed by atoms with van der Waals surface area (Å²) in [7, 11) is 0. The third-order valence-corrected chi connectivity index (χ3v) is 5.30. The second kappa shape index (κ2) is 9.55. The number of nitrogens with one attached hydrogen (secondary N) is 1. The van der Waals surface area contributed by atoms with Crippen LogP contribution in [0.15, 0.2) is 60.7 Å². The molecule has 1 heterocycles. The van der Waals surface area contributed by atoms with Gasteiger partial charge in [-0.2, -0.15) is 0 Å². The van der Waals surface area contributed by atoms with E-state index in [1.54, 1.807) is 4.90 Å². The van der Waals surface area contributed by atoms with Crippen LogP contribution >= 0.6 is 0 Å². The Balaban J connectivity index is 1.83. The van der Waals surface area contributed by atoms with Crippen molar-refractivity contribution in [1.82, 2.24) is 10.2 Å². The largest absolute Gasteiger partial charge is 0.444 e. The first kappa shape index (κ1) is 22.9. The SMILES string of the molecule is C[C@@H](N[C@@H]1CCN(C(=O)OC(C)(C)C)C[C@]1(O)C#Cc1ccccc1)c1ccccc1. The molecule has 0 saturated carbocycles. The van der Waals surface area contributed by atoms with E-state index in [0.29, 0.717) is 13.0 Å². The molecule has 0 bridgehead atoms. The van der Waals surface area contributed by atoms with Crippen molar-refractivity contribution in [3.63, 3.8) is 0 Å². The molecule has 0 unspecified atom stereocenters. The first-order valence-electron chi connectivity index (χ1n) is 10.8. The summed E-state index contributed by atoms with van der Waals surface area (Å²) in [6.07, 6.45) is 0.137. The summed E-state index contributed by atoms with van der Waals surface area (Å²) in [5.74, 6) is 6.15. The fourth-order valence-corrected chi connectivity index (χ4v) is 3.68. The first-order valence-corrected chi connectivity index (χ1v) is 10.8. The van der Waals surface area contributed by atoms with E-state index in [2.05, 4.69) is 36.2 Å². The van der Waals surface area contributed by atoms with Crippen LogP contribution in [0.1, 0.15) is 51.3 Å². The average Bonchev–Trinajstić information content (AvgIpc) is 2.74. The molecule has 1 saturated heterocycles. The molecule has 1 aliphatic heterocycles. The van der Waals surface area contributed by atoms with E-state index in [0.717, 1.165) is 11.1 Å². The van der Waals surface area contributed by atoms with Crippen molar-refractivity contribution in [2.45, 2.75) is 57.4 Å². The number of piperidine rings is 1. The Hall–Kier alpha value is -2.81. The van der Waals surface area contributed by atoms with Crippen LogP contribution in [0.3, 0.4) is 0 Å². The maximum absolute atomic E-state index is 12.7. The van der Waals surface area contributed by atoms with Crippen LogP contribution in [0.25, 0.3) is 0 Å². The van der Waals surface area contributed by atoms with Gasteiger partial charge < -0.3 is 20.1 Å². The van der Waals surface area contributed by atoms with Gasteiger partial charge in [-0.25, -0.2) is 4.79 Å². The second-order valence-electron chi connectivity index (χ2n) is 9.08. The summed E-state index contributed by atoms with van der Waals surface area (Å²) in [5.41, 5.74) is -0.0498. The molecule has 5 heteroatoms. The number of benzene rings is 2. The molecule has 1 amide bonds. The van der Waals surface area contributed by atoms with E-state index in [1.165, 1.54) is 0 Å². The van der Waals surface area contributed by atoms with Gasteiger partial charge in [-0.05, 0) is 51.8 Å². The molecule has 5 nitrogen and oxygen atoms in total. The number of rotatable bonds is 3. The molecule has 31 heavy (non-hydrogen) atoms. The Morgan fingerprint density at radius 2 is 1.77 bits per heavy atom. The monoisotopic (exact) mass is 420 g/mol. The summed E-state index contributed by atoms with van der Waals surface area (Å²) in [6.45, 7) is 8.15. The number of ether oxygens (including phenoxy) is 1. The lowest BCUT2D eigenvalue weighted by Gasteiger charge is -2.43. The maximum atomic E-state index is 12.7. The Morgan fingerprint density at radius 1 is 1.16 bits per heavy atom. The maximum Gasteiger partial charge on any atom is 0.410 e. The van der Waals surface area contributed by atoms with Crippen molar-refractivity contribution in [2.75, 3.05) is 13.1 Å². The third kappa shape index (κ3) is 6.33. The fraction of sp³-hybridized carbons (Fsp3) is 0.423. The summed E-state index contributed by atoms with van der Waals surface area (Å²) in [6, 6.07) is 19.4. The number of nitrogens with zero attached hydrogens (tertiary/aromatic N) is 1. The van der Waals surface area contributed by atoms with Crippen LogP contribution in [0.5, 0.6) is 0 Å². The summed E-state index contributed by atoms with van der Waals surface area (Å²) in [4.78, 5) is 14.2. The Labute approximate surface area is 185 Å². The molecule has 0 spiro atoms. The molecular formula is C26H32N2O3. The minimum atomic E-state index is -1.41. The van der Waals surface area contributed by atoms with Crippen LogP contribution in [-0.4, -0.2) is 46.4 Å². The smallest absolute Gasteiger partial charge is 0.410 e. The lowest BCUT2D eigenvalue weighted by Crippen LogP contribution is -2.62. The van der Waals surface area contributed by atoms with Crippen molar-refractivity contribution < 1.29 is 14.6 Å². The van der Waals surface area contributed by atoms with Gasteiger partial charge >= 0.3 is 6.09 Å². The molecule has 2 N–H and O–H groups in total. The zero-order chi connectivity index (χ0) is 22.5. The van der Waals surface area contributed by atoms with E-state index >= 15 is 0 Å². The first-order chi connectivity index (χ1) is 14.7. The van der Waals surface area contributed by atoms with Crippen molar-refractivity contribution in [2.24, 2.45) is 0 Å². The molecule has 1 fully saturated rings. The predicted molar refractivity (Wildman–Crippen MR) is 122 cm³/mol. The van der Waals surface area contributed by atoms with E-state index in [1.807, 2.05) is 69.3 Å². The predicted octanol–water partition coefficient (Wildman–Crippen LogP) is 4.13.